The molecule has 2 aromatic rings. The molecule has 2 aliphatic carbocycles. The monoisotopic (exact) mass is 547 g/mol. The minimum atomic E-state index is 0.331. The molecule has 2 saturated carbocycles. The van der Waals surface area contributed by atoms with Gasteiger partial charge in [0.1, 0.15) is 0 Å². The predicted octanol–water partition coefficient (Wildman–Crippen LogP) is 8.44. The Morgan fingerprint density at radius 2 is 1.32 bits per heavy atom. The molecule has 0 aromatic heterocycles. The van der Waals surface area contributed by atoms with Crippen LogP contribution in [0.4, 0.5) is 0 Å². The van der Waals surface area contributed by atoms with Gasteiger partial charge in [0, 0.05) is 13.2 Å². The quantitative estimate of drug-likeness (QED) is 0.184. The van der Waals surface area contributed by atoms with Crippen LogP contribution in [0.5, 0.6) is 0 Å². The third-order valence-corrected chi connectivity index (χ3v) is 10.3. The van der Waals surface area contributed by atoms with Crippen LogP contribution >= 0.6 is 0 Å². The number of aliphatic hydroxyl groups is 1. The first kappa shape index (κ1) is 31.3. The molecule has 4 rings (SSSR count). The van der Waals surface area contributed by atoms with Gasteiger partial charge in [-0.2, -0.15) is 0 Å². The van der Waals surface area contributed by atoms with E-state index in [9.17, 15) is 0 Å². The number of benzene rings is 2. The molecule has 0 saturated heterocycles. The Labute approximate surface area is 245 Å². The summed E-state index contributed by atoms with van der Waals surface area (Å²) in [4.78, 5) is 0. The van der Waals surface area contributed by atoms with E-state index in [0.717, 1.165) is 51.5 Å². The average Bonchev–Trinajstić information content (AvgIpc) is 3.65. The minimum Gasteiger partial charge on any atom is -0.396 e. The molecule has 0 radical (unpaired) electrons. The Bertz CT molecular complexity index is 955. The van der Waals surface area contributed by atoms with E-state index in [-0.39, 0.29) is 0 Å². The third-order valence-electron chi connectivity index (χ3n) is 10.3. The van der Waals surface area contributed by atoms with Crippen LogP contribution in [0.3, 0.4) is 0 Å². The number of rotatable bonds is 18. The van der Waals surface area contributed by atoms with Crippen LogP contribution in [-0.4, -0.2) is 38.0 Å². The van der Waals surface area contributed by atoms with Crippen LogP contribution in [0.15, 0.2) is 48.5 Å². The zero-order valence-electron chi connectivity index (χ0n) is 25.7. The van der Waals surface area contributed by atoms with E-state index >= 15 is 0 Å². The van der Waals surface area contributed by atoms with Crippen LogP contribution in [0.2, 0.25) is 0 Å². The Balaban J connectivity index is 1.12. The van der Waals surface area contributed by atoms with Gasteiger partial charge in [-0.1, -0.05) is 99.5 Å². The van der Waals surface area contributed by atoms with Crippen molar-refractivity contribution in [3.8, 4) is 0 Å². The Hall–Kier alpha value is -1.68. The molecule has 40 heavy (non-hydrogen) atoms. The van der Waals surface area contributed by atoms with Gasteiger partial charge in [0.05, 0.1) is 13.2 Å². The van der Waals surface area contributed by atoms with Gasteiger partial charge in [-0.15, -0.1) is 0 Å². The number of aliphatic hydroxyl groups excluding tert-OH is 1. The van der Waals surface area contributed by atoms with Crippen molar-refractivity contribution >= 4 is 0 Å². The van der Waals surface area contributed by atoms with E-state index in [0.29, 0.717) is 17.4 Å². The summed E-state index contributed by atoms with van der Waals surface area (Å²) >= 11 is 0. The maximum absolute atomic E-state index is 9.11. The Kier molecular flexibility index (Phi) is 12.6. The molecule has 3 heteroatoms. The lowest BCUT2D eigenvalue weighted by molar-refractivity contribution is 0.138. The van der Waals surface area contributed by atoms with Crippen LogP contribution in [0.1, 0.15) is 119 Å². The van der Waals surface area contributed by atoms with E-state index in [1.54, 1.807) is 11.1 Å². The zero-order chi connectivity index (χ0) is 28.1. The second-order valence-corrected chi connectivity index (χ2v) is 13.3. The van der Waals surface area contributed by atoms with E-state index in [4.69, 9.17) is 9.84 Å². The summed E-state index contributed by atoms with van der Waals surface area (Å²) in [5.41, 5.74) is 6.63. The second-order valence-electron chi connectivity index (χ2n) is 13.3. The molecule has 0 bridgehead atoms. The smallest absolute Gasteiger partial charge is 0.0591 e. The highest BCUT2D eigenvalue weighted by atomic mass is 16.5. The van der Waals surface area contributed by atoms with Crippen LogP contribution in [0.25, 0.3) is 0 Å². The van der Waals surface area contributed by atoms with Crippen molar-refractivity contribution < 1.29 is 9.84 Å². The van der Waals surface area contributed by atoms with Crippen molar-refractivity contribution in [2.24, 2.45) is 5.92 Å². The summed E-state index contributed by atoms with van der Waals surface area (Å²) in [7, 11) is 0. The number of nitrogens with one attached hydrogen (secondary N) is 1. The van der Waals surface area contributed by atoms with Gasteiger partial charge >= 0.3 is 0 Å². The highest BCUT2D eigenvalue weighted by Crippen LogP contribution is 2.45. The highest BCUT2D eigenvalue weighted by Gasteiger charge is 2.35. The second kappa shape index (κ2) is 16.1. The molecule has 1 unspecified atom stereocenters. The minimum absolute atomic E-state index is 0.331. The molecule has 0 amide bonds. The van der Waals surface area contributed by atoms with Crippen molar-refractivity contribution in [3.63, 3.8) is 0 Å². The van der Waals surface area contributed by atoms with Crippen LogP contribution < -0.4 is 5.32 Å². The topological polar surface area (TPSA) is 41.5 Å². The summed E-state index contributed by atoms with van der Waals surface area (Å²) in [5.74, 6) is 0.728. The van der Waals surface area contributed by atoms with Crippen molar-refractivity contribution in [1.29, 1.82) is 0 Å². The first-order valence-electron chi connectivity index (χ1n) is 16.6. The van der Waals surface area contributed by atoms with Crippen molar-refractivity contribution in [2.75, 3.05) is 32.9 Å². The fourth-order valence-corrected chi connectivity index (χ4v) is 7.66. The molecule has 2 aromatic carbocycles. The Morgan fingerprint density at radius 1 is 0.750 bits per heavy atom. The molecule has 2 aliphatic rings. The molecule has 222 valence electrons. The number of ether oxygens (including phenoxy) is 1. The first-order valence-corrected chi connectivity index (χ1v) is 16.6. The van der Waals surface area contributed by atoms with Gasteiger partial charge in [0.15, 0.2) is 0 Å². The molecular formula is C37H57NO2. The van der Waals surface area contributed by atoms with Gasteiger partial charge in [-0.05, 0) is 105 Å². The summed E-state index contributed by atoms with van der Waals surface area (Å²) < 4.78 is 6.01. The average molecular weight is 548 g/mol. The van der Waals surface area contributed by atoms with Gasteiger partial charge in [-0.25, -0.2) is 0 Å². The standard InChI is InChI=1S/C37H57NO2/c1-31(10-8-28-39)9-7-24-36(20-3-4-21-36)35-17-13-33(14-18-35)19-29-40-30-27-38-26-25-37(22-5-6-23-37)34-15-11-32(2)12-16-34/h11-18,31,38-39H,3-10,19-30H2,1-2H3. The zero-order valence-corrected chi connectivity index (χ0v) is 25.7. The SMILES string of the molecule is Cc1ccc(C2(CCNCCOCCc3ccc(C4(CCCC(C)CCCO)CCCC4)cc3)CCCC2)cc1. The van der Waals surface area contributed by atoms with Gasteiger partial charge < -0.3 is 15.2 Å². The molecule has 1 atom stereocenters. The molecule has 2 N–H and O–H groups in total. The van der Waals surface area contributed by atoms with Crippen molar-refractivity contribution in [3.05, 3.63) is 70.8 Å². The van der Waals surface area contributed by atoms with Crippen LogP contribution in [0, 0.1) is 12.8 Å². The van der Waals surface area contributed by atoms with E-state index in [1.165, 1.54) is 88.2 Å². The predicted molar refractivity (Wildman–Crippen MR) is 169 cm³/mol. The number of hydrogen-bond donors (Lipinski definition) is 2. The molecule has 0 spiro atoms. The van der Waals surface area contributed by atoms with Gasteiger partial charge in [-0.3, -0.25) is 0 Å². The summed E-state index contributed by atoms with van der Waals surface area (Å²) in [6, 6.07) is 18.8. The normalized spacial score (nSPS) is 18.8. The highest BCUT2D eigenvalue weighted by molar-refractivity contribution is 5.31. The first-order chi connectivity index (χ1) is 19.6. The largest absolute Gasteiger partial charge is 0.396 e. The molecule has 2 fully saturated rings. The number of aryl methyl sites for hydroxylation is 1. The molecule has 0 heterocycles. The van der Waals surface area contributed by atoms with E-state index in [1.807, 2.05) is 0 Å². The molecular weight excluding hydrogens is 490 g/mol. The van der Waals surface area contributed by atoms with E-state index < -0.39 is 0 Å². The summed E-state index contributed by atoms with van der Waals surface area (Å²) in [6.07, 6.45) is 19.1. The van der Waals surface area contributed by atoms with E-state index in [2.05, 4.69) is 67.7 Å². The van der Waals surface area contributed by atoms with Gasteiger partial charge in [0.25, 0.3) is 0 Å². The molecule has 3 nitrogen and oxygen atoms in total. The summed E-state index contributed by atoms with van der Waals surface area (Å²) in [6.45, 7) is 8.45. The number of hydrogen-bond acceptors (Lipinski definition) is 3. The lowest BCUT2D eigenvalue weighted by Gasteiger charge is -2.30. The third kappa shape index (κ3) is 8.91. The maximum Gasteiger partial charge on any atom is 0.0591 e. The fraction of sp³-hybridized carbons (Fsp3) is 0.676. The van der Waals surface area contributed by atoms with Crippen molar-refractivity contribution in [2.45, 2.75) is 121 Å². The molecule has 0 aliphatic heterocycles. The van der Waals surface area contributed by atoms with Gasteiger partial charge in [0.2, 0.25) is 0 Å². The fourth-order valence-electron chi connectivity index (χ4n) is 7.66. The van der Waals surface area contributed by atoms with Crippen molar-refractivity contribution in [1.82, 2.24) is 5.32 Å². The summed E-state index contributed by atoms with van der Waals surface area (Å²) in [5, 5.41) is 12.8. The lowest BCUT2D eigenvalue weighted by Crippen LogP contribution is -2.30. The Morgan fingerprint density at radius 3 is 1.95 bits per heavy atom. The van der Waals surface area contributed by atoms with Crippen LogP contribution in [-0.2, 0) is 22.0 Å². The maximum atomic E-state index is 9.11. The lowest BCUT2D eigenvalue weighted by atomic mass is 9.74.